The molecule has 16 aromatic rings. The molecule has 6 heteroatoms. The molecule has 0 aliphatic rings. The number of benzene rings is 12. The fraction of sp³-hybridized carbons (Fsp3) is 0. The number of fused-ring (bicyclic) bond motifs is 15. The monoisotopic (exact) mass is 996 g/mol. The van der Waals surface area contributed by atoms with Gasteiger partial charge in [-0.2, -0.15) is 0 Å². The lowest BCUT2D eigenvalue weighted by atomic mass is 10.0. The SMILES string of the molecule is C=N/C(=C\C(=N)c1ccc2ccccc2c1)c1ccc2ccccc2c1.c1ccc2c(c1)[nH]c1c2ccc2c1c1ccccc1n2-c1cc(-n2c3ccccc3c3ccccc32)cc(-n2c3ccccc3c3ccccc32)c1. The number of aromatic nitrogens is 4. The van der Waals surface area contributed by atoms with E-state index >= 15 is 0 Å². The lowest BCUT2D eigenvalue weighted by Crippen LogP contribution is -2.03. The van der Waals surface area contributed by atoms with Crippen molar-refractivity contribution in [3.05, 3.63) is 278 Å². The predicted molar refractivity (Wildman–Crippen MR) is 331 cm³/mol. The Kier molecular flexibility index (Phi) is 10.4. The molecule has 0 atom stereocenters. The van der Waals surface area contributed by atoms with Crippen LogP contribution >= 0.6 is 0 Å². The molecule has 78 heavy (non-hydrogen) atoms. The van der Waals surface area contributed by atoms with Crippen LogP contribution in [0.2, 0.25) is 0 Å². The number of para-hydroxylation sites is 6. The lowest BCUT2D eigenvalue weighted by Gasteiger charge is -2.17. The maximum Gasteiger partial charge on any atom is 0.0716 e. The molecule has 0 unspecified atom stereocenters. The van der Waals surface area contributed by atoms with Crippen LogP contribution in [0.4, 0.5) is 0 Å². The van der Waals surface area contributed by atoms with Crippen LogP contribution in [-0.2, 0) is 0 Å². The molecule has 0 aliphatic carbocycles. The van der Waals surface area contributed by atoms with Crippen LogP contribution in [-0.4, -0.2) is 31.1 Å². The van der Waals surface area contributed by atoms with Gasteiger partial charge < -0.3 is 24.1 Å². The third-order valence-corrected chi connectivity index (χ3v) is 15.7. The number of hydrogen-bond donors (Lipinski definition) is 2. The summed E-state index contributed by atoms with van der Waals surface area (Å²) in [6.07, 6.45) is 1.78. The number of aliphatic imine (C=N–C) groups is 1. The Morgan fingerprint density at radius 2 is 0.756 bits per heavy atom. The molecule has 0 saturated heterocycles. The Bertz CT molecular complexity index is 4910. The van der Waals surface area contributed by atoms with E-state index in [0.717, 1.165) is 44.5 Å². The standard InChI is InChI=1S/C48H30N4.C24H18N2/c1-7-19-40-33(13-1)38-25-26-46-47(48(38)49-40)39-18-6-12-24-45(39)52(46)32-28-30(50-41-20-8-2-14-34(41)35-15-3-9-21-42(35)50)27-31(29-32)51-43-22-10-4-16-36(43)37-17-5-11-23-44(37)51;1-26-24(22-13-11-18-7-3-5-9-20(18)15-22)16-23(25)21-12-10-17-6-2-4-8-19(17)14-21/h1-29,49H;2-16,25H,1H2/b;24-16-,25-23?. The van der Waals surface area contributed by atoms with E-state index in [0.29, 0.717) is 11.4 Å². The van der Waals surface area contributed by atoms with Crippen molar-refractivity contribution < 1.29 is 0 Å². The Morgan fingerprint density at radius 3 is 1.27 bits per heavy atom. The summed E-state index contributed by atoms with van der Waals surface area (Å²) in [4.78, 5) is 7.97. The van der Waals surface area contributed by atoms with E-state index in [2.05, 4.69) is 243 Å². The average molecular weight is 997 g/mol. The number of H-pyrrole nitrogens is 1. The van der Waals surface area contributed by atoms with Crippen molar-refractivity contribution in [1.82, 2.24) is 18.7 Å². The summed E-state index contributed by atoms with van der Waals surface area (Å²) in [5, 5.41) is 23.1. The van der Waals surface area contributed by atoms with E-state index in [-0.39, 0.29) is 0 Å². The molecule has 0 radical (unpaired) electrons. The molecule has 0 spiro atoms. The topological polar surface area (TPSA) is 66.8 Å². The Hall–Kier alpha value is -10.6. The minimum Gasteiger partial charge on any atom is -0.354 e. The van der Waals surface area contributed by atoms with Gasteiger partial charge in [0.1, 0.15) is 0 Å². The molecule has 366 valence electrons. The van der Waals surface area contributed by atoms with Crippen LogP contribution in [0.1, 0.15) is 11.1 Å². The molecule has 0 aliphatic heterocycles. The molecule has 16 rings (SSSR count). The maximum absolute atomic E-state index is 8.49. The molecule has 0 bridgehead atoms. The lowest BCUT2D eigenvalue weighted by molar-refractivity contribution is 1.10. The normalized spacial score (nSPS) is 12.0. The summed E-state index contributed by atoms with van der Waals surface area (Å²) < 4.78 is 7.34. The first-order valence-corrected chi connectivity index (χ1v) is 26.4. The zero-order chi connectivity index (χ0) is 51.8. The highest BCUT2D eigenvalue weighted by Gasteiger charge is 2.21. The highest BCUT2D eigenvalue weighted by Crippen LogP contribution is 2.42. The highest BCUT2D eigenvalue weighted by molar-refractivity contribution is 6.25. The van der Waals surface area contributed by atoms with Gasteiger partial charge in [0.05, 0.1) is 67.1 Å². The van der Waals surface area contributed by atoms with Gasteiger partial charge in [-0.15, -0.1) is 0 Å². The van der Waals surface area contributed by atoms with Gasteiger partial charge in [0.2, 0.25) is 0 Å². The van der Waals surface area contributed by atoms with Crippen molar-refractivity contribution in [1.29, 1.82) is 5.41 Å². The zero-order valence-electron chi connectivity index (χ0n) is 42.4. The largest absolute Gasteiger partial charge is 0.354 e. The van der Waals surface area contributed by atoms with Gasteiger partial charge in [-0.1, -0.05) is 188 Å². The fourth-order valence-electron chi connectivity index (χ4n) is 12.2. The van der Waals surface area contributed by atoms with Crippen LogP contribution in [0.3, 0.4) is 0 Å². The minimum absolute atomic E-state index is 0.423. The molecular weight excluding hydrogens is 949 g/mol. The van der Waals surface area contributed by atoms with Crippen LogP contribution < -0.4 is 0 Å². The first kappa shape index (κ1) is 44.9. The van der Waals surface area contributed by atoms with Crippen molar-refractivity contribution in [2.45, 2.75) is 0 Å². The summed E-state index contributed by atoms with van der Waals surface area (Å²) in [7, 11) is 0. The Morgan fingerprint density at radius 1 is 0.359 bits per heavy atom. The van der Waals surface area contributed by atoms with Crippen molar-refractivity contribution in [2.24, 2.45) is 4.99 Å². The molecular formula is C72H48N6. The summed E-state index contributed by atoms with van der Waals surface area (Å²) in [5.74, 6) is 0. The fourth-order valence-corrected chi connectivity index (χ4v) is 12.2. The number of nitrogens with zero attached hydrogens (tertiary/aromatic N) is 4. The molecule has 6 nitrogen and oxygen atoms in total. The first-order chi connectivity index (χ1) is 38.6. The third-order valence-electron chi connectivity index (χ3n) is 15.7. The van der Waals surface area contributed by atoms with E-state index in [1.807, 2.05) is 48.5 Å². The number of hydrogen-bond acceptors (Lipinski definition) is 2. The van der Waals surface area contributed by atoms with Crippen LogP contribution in [0, 0.1) is 5.41 Å². The van der Waals surface area contributed by atoms with Gasteiger partial charge in [-0.05, 0) is 107 Å². The van der Waals surface area contributed by atoms with Gasteiger partial charge in [-0.25, -0.2) is 0 Å². The van der Waals surface area contributed by atoms with Crippen molar-refractivity contribution >= 4 is 127 Å². The van der Waals surface area contributed by atoms with E-state index in [9.17, 15) is 0 Å². The van der Waals surface area contributed by atoms with Crippen LogP contribution in [0.15, 0.2) is 272 Å². The van der Waals surface area contributed by atoms with E-state index in [1.165, 1.54) is 92.5 Å². The second-order valence-corrected chi connectivity index (χ2v) is 20.1. The molecule has 4 aromatic heterocycles. The maximum atomic E-state index is 8.49. The van der Waals surface area contributed by atoms with Crippen molar-refractivity contribution in [2.75, 3.05) is 0 Å². The number of allylic oxidation sites excluding steroid dienone is 1. The average Bonchev–Trinajstić information content (AvgIpc) is 4.26. The molecule has 2 N–H and O–H groups in total. The number of nitrogens with one attached hydrogen (secondary N) is 2. The van der Waals surface area contributed by atoms with E-state index in [1.54, 1.807) is 6.08 Å². The third kappa shape index (κ3) is 7.19. The van der Waals surface area contributed by atoms with Gasteiger partial charge in [-0.3, -0.25) is 4.99 Å². The summed E-state index contributed by atoms with van der Waals surface area (Å²) in [5.41, 5.74) is 15.7. The number of rotatable bonds is 7. The molecule has 0 fully saturated rings. The number of aromatic amines is 1. The van der Waals surface area contributed by atoms with Crippen molar-refractivity contribution in [3.8, 4) is 17.1 Å². The second-order valence-electron chi connectivity index (χ2n) is 20.1. The van der Waals surface area contributed by atoms with E-state index in [4.69, 9.17) is 5.41 Å². The van der Waals surface area contributed by atoms with E-state index < -0.39 is 0 Å². The summed E-state index contributed by atoms with van der Waals surface area (Å²) in [6, 6.07) is 92.9. The van der Waals surface area contributed by atoms with Gasteiger partial charge in [0.15, 0.2) is 0 Å². The Labute approximate surface area is 448 Å². The predicted octanol–water partition coefficient (Wildman–Crippen LogP) is 18.7. The highest BCUT2D eigenvalue weighted by atomic mass is 15.0. The minimum atomic E-state index is 0.423. The molecule has 12 aromatic carbocycles. The van der Waals surface area contributed by atoms with Crippen molar-refractivity contribution in [3.63, 3.8) is 0 Å². The van der Waals surface area contributed by atoms with Gasteiger partial charge in [0, 0.05) is 59.7 Å². The van der Waals surface area contributed by atoms with Crippen LogP contribution in [0.25, 0.3) is 132 Å². The Balaban J connectivity index is 0.000000171. The molecule has 0 amide bonds. The summed E-state index contributed by atoms with van der Waals surface area (Å²) >= 11 is 0. The van der Waals surface area contributed by atoms with Crippen LogP contribution in [0.5, 0.6) is 0 Å². The second kappa shape index (κ2) is 18.1. The van der Waals surface area contributed by atoms with Gasteiger partial charge >= 0.3 is 0 Å². The molecule has 4 heterocycles. The zero-order valence-corrected chi connectivity index (χ0v) is 42.4. The molecule has 0 saturated carbocycles. The summed E-state index contributed by atoms with van der Waals surface area (Å²) in [6.45, 7) is 3.70. The smallest absolute Gasteiger partial charge is 0.0716 e. The quantitative estimate of drug-likeness (QED) is 0.149. The first-order valence-electron chi connectivity index (χ1n) is 26.4. The van der Waals surface area contributed by atoms with Gasteiger partial charge in [0.25, 0.3) is 0 Å².